The van der Waals surface area contributed by atoms with E-state index in [0.29, 0.717) is 17.5 Å². The van der Waals surface area contributed by atoms with Gasteiger partial charge >= 0.3 is 0 Å². The lowest BCUT2D eigenvalue weighted by molar-refractivity contribution is 0.669. The molecular formula is C45H26N4OS. The molecule has 0 aliphatic rings. The minimum atomic E-state index is 0.607. The Bertz CT molecular complexity index is 3120. The van der Waals surface area contributed by atoms with Gasteiger partial charge in [-0.15, -0.1) is 11.3 Å². The average Bonchev–Trinajstić information content (AvgIpc) is 3.87. The first-order valence-corrected chi connectivity index (χ1v) is 17.8. The highest BCUT2D eigenvalue weighted by molar-refractivity contribution is 7.25. The lowest BCUT2D eigenvalue weighted by atomic mass is 10.0. The second kappa shape index (κ2) is 10.9. The number of rotatable bonds is 4. The summed E-state index contributed by atoms with van der Waals surface area (Å²) in [4.78, 5) is 15.8. The van der Waals surface area contributed by atoms with Crippen molar-refractivity contribution in [3.8, 4) is 39.9 Å². The number of aromatic nitrogens is 4. The molecule has 0 aliphatic carbocycles. The maximum atomic E-state index is 6.18. The first-order chi connectivity index (χ1) is 25.3. The fourth-order valence-electron chi connectivity index (χ4n) is 7.61. The van der Waals surface area contributed by atoms with Gasteiger partial charge in [0, 0.05) is 58.4 Å². The Morgan fingerprint density at radius 1 is 0.431 bits per heavy atom. The van der Waals surface area contributed by atoms with E-state index in [1.165, 1.54) is 25.6 Å². The van der Waals surface area contributed by atoms with Crippen LogP contribution in [0.15, 0.2) is 162 Å². The van der Waals surface area contributed by atoms with Crippen LogP contribution in [0.3, 0.4) is 0 Å². The third-order valence-corrected chi connectivity index (χ3v) is 11.0. The highest BCUT2D eigenvalue weighted by atomic mass is 32.1. The van der Waals surface area contributed by atoms with Crippen molar-refractivity contribution < 1.29 is 4.42 Å². The van der Waals surface area contributed by atoms with E-state index in [2.05, 4.69) is 132 Å². The summed E-state index contributed by atoms with van der Waals surface area (Å²) < 4.78 is 11.0. The van der Waals surface area contributed by atoms with Crippen LogP contribution < -0.4 is 0 Å². The number of para-hydroxylation sites is 4. The number of furan rings is 1. The van der Waals surface area contributed by atoms with Crippen LogP contribution in [-0.4, -0.2) is 19.5 Å². The van der Waals surface area contributed by atoms with Crippen molar-refractivity contribution in [1.29, 1.82) is 0 Å². The molecule has 11 rings (SSSR count). The molecule has 6 heteroatoms. The van der Waals surface area contributed by atoms with Crippen LogP contribution in [0.4, 0.5) is 0 Å². The predicted octanol–water partition coefficient (Wildman–Crippen LogP) is 12.2. The zero-order chi connectivity index (χ0) is 33.5. The first-order valence-electron chi connectivity index (χ1n) is 16.9. The minimum absolute atomic E-state index is 0.607. The van der Waals surface area contributed by atoms with Crippen LogP contribution in [0.2, 0.25) is 0 Å². The molecule has 0 saturated heterocycles. The molecule has 0 spiro atoms. The van der Waals surface area contributed by atoms with E-state index in [0.717, 1.165) is 60.7 Å². The van der Waals surface area contributed by atoms with E-state index in [1.54, 1.807) is 11.3 Å². The van der Waals surface area contributed by atoms with Crippen molar-refractivity contribution in [2.45, 2.75) is 0 Å². The summed E-state index contributed by atoms with van der Waals surface area (Å²) in [5.74, 6) is 1.86. The summed E-state index contributed by atoms with van der Waals surface area (Å²) in [6.07, 6.45) is 0. The van der Waals surface area contributed by atoms with Crippen LogP contribution in [0.1, 0.15) is 0 Å². The van der Waals surface area contributed by atoms with Crippen molar-refractivity contribution in [1.82, 2.24) is 19.5 Å². The SMILES string of the molecule is c1ccc(-n2c3ccccc3c3ccccc32)c(-c2nc(-c3ccc4oc5ccccc5c4c3)nc(-c3cccc4sc5ccccc5c34)n2)c1. The highest BCUT2D eigenvalue weighted by Gasteiger charge is 2.21. The molecule has 0 amide bonds. The van der Waals surface area contributed by atoms with Crippen molar-refractivity contribution in [2.24, 2.45) is 0 Å². The largest absolute Gasteiger partial charge is 0.456 e. The van der Waals surface area contributed by atoms with Gasteiger partial charge in [0.2, 0.25) is 0 Å². The van der Waals surface area contributed by atoms with Gasteiger partial charge in [0.1, 0.15) is 11.2 Å². The molecule has 0 atom stereocenters. The van der Waals surface area contributed by atoms with Crippen LogP contribution >= 0.6 is 11.3 Å². The topological polar surface area (TPSA) is 56.7 Å². The molecular weight excluding hydrogens is 645 g/mol. The third-order valence-electron chi connectivity index (χ3n) is 9.88. The van der Waals surface area contributed by atoms with Crippen LogP contribution in [0.25, 0.3) is 104 Å². The van der Waals surface area contributed by atoms with Gasteiger partial charge in [-0.05, 0) is 60.7 Å². The van der Waals surface area contributed by atoms with Gasteiger partial charge < -0.3 is 8.98 Å². The molecule has 238 valence electrons. The molecule has 0 unspecified atom stereocenters. The lowest BCUT2D eigenvalue weighted by Crippen LogP contribution is -2.03. The molecule has 0 fully saturated rings. The molecule has 0 radical (unpaired) electrons. The van der Waals surface area contributed by atoms with Gasteiger partial charge in [-0.3, -0.25) is 0 Å². The second-order valence-electron chi connectivity index (χ2n) is 12.8. The molecule has 0 bridgehead atoms. The normalized spacial score (nSPS) is 11.9. The molecule has 7 aromatic carbocycles. The maximum absolute atomic E-state index is 6.18. The van der Waals surface area contributed by atoms with Crippen LogP contribution in [0.5, 0.6) is 0 Å². The van der Waals surface area contributed by atoms with Gasteiger partial charge in [0.05, 0.1) is 16.7 Å². The van der Waals surface area contributed by atoms with E-state index in [9.17, 15) is 0 Å². The van der Waals surface area contributed by atoms with Gasteiger partial charge in [-0.1, -0.05) is 97.1 Å². The Balaban J connectivity index is 1.21. The van der Waals surface area contributed by atoms with Crippen LogP contribution in [0, 0.1) is 0 Å². The number of hydrogen-bond donors (Lipinski definition) is 0. The van der Waals surface area contributed by atoms with E-state index in [-0.39, 0.29) is 0 Å². The number of thiophene rings is 1. The summed E-state index contributed by atoms with van der Waals surface area (Å²) >= 11 is 1.79. The molecule has 5 nitrogen and oxygen atoms in total. The monoisotopic (exact) mass is 670 g/mol. The quantitative estimate of drug-likeness (QED) is 0.187. The summed E-state index contributed by atoms with van der Waals surface area (Å²) in [6.45, 7) is 0. The van der Waals surface area contributed by atoms with Gasteiger partial charge in [-0.2, -0.15) is 0 Å². The van der Waals surface area contributed by atoms with Gasteiger partial charge in [-0.25, -0.2) is 15.0 Å². The Hall–Kier alpha value is -6.63. The van der Waals surface area contributed by atoms with Crippen molar-refractivity contribution in [2.75, 3.05) is 0 Å². The lowest BCUT2D eigenvalue weighted by Gasteiger charge is -2.15. The Labute approximate surface area is 295 Å². The molecule has 4 aromatic heterocycles. The predicted molar refractivity (Wildman–Crippen MR) is 211 cm³/mol. The number of hydrogen-bond acceptors (Lipinski definition) is 5. The maximum Gasteiger partial charge on any atom is 0.166 e. The van der Waals surface area contributed by atoms with Crippen LogP contribution in [-0.2, 0) is 0 Å². The number of fused-ring (bicyclic) bond motifs is 9. The highest BCUT2D eigenvalue weighted by Crippen LogP contribution is 2.41. The first kappa shape index (κ1) is 28.2. The van der Waals surface area contributed by atoms with E-state index < -0.39 is 0 Å². The summed E-state index contributed by atoms with van der Waals surface area (Å²) in [5, 5.41) is 6.87. The Morgan fingerprint density at radius 3 is 1.84 bits per heavy atom. The van der Waals surface area contributed by atoms with Crippen molar-refractivity contribution >= 4 is 75.3 Å². The molecule has 51 heavy (non-hydrogen) atoms. The molecule has 11 aromatic rings. The zero-order valence-corrected chi connectivity index (χ0v) is 27.9. The summed E-state index contributed by atoms with van der Waals surface area (Å²) in [7, 11) is 0. The number of nitrogens with zero attached hydrogens (tertiary/aromatic N) is 4. The van der Waals surface area contributed by atoms with E-state index in [4.69, 9.17) is 19.4 Å². The standard InChI is InChI=1S/C45H26N4OS/c1-6-18-35-28(12-1)29-13-2-7-19-36(29)49(35)37-20-8-3-15-31(37)44-46-43(27-24-25-39-34(26-27)30-14-4-9-21-38(30)50-39)47-45(48-44)33-17-11-23-41-42(33)32-16-5-10-22-40(32)51-41/h1-26H. The Kier molecular flexibility index (Phi) is 6.05. The van der Waals surface area contributed by atoms with Crippen molar-refractivity contribution in [3.63, 3.8) is 0 Å². The smallest absolute Gasteiger partial charge is 0.166 e. The van der Waals surface area contributed by atoms with Gasteiger partial charge in [0.15, 0.2) is 17.5 Å². The van der Waals surface area contributed by atoms with Crippen molar-refractivity contribution in [3.05, 3.63) is 158 Å². The average molecular weight is 671 g/mol. The molecule has 0 N–H and O–H groups in total. The summed E-state index contributed by atoms with van der Waals surface area (Å²) in [6, 6.07) is 54.9. The zero-order valence-electron chi connectivity index (χ0n) is 27.1. The number of benzene rings is 7. The van der Waals surface area contributed by atoms with Gasteiger partial charge in [0.25, 0.3) is 0 Å². The fourth-order valence-corrected chi connectivity index (χ4v) is 8.74. The second-order valence-corrected chi connectivity index (χ2v) is 13.9. The van der Waals surface area contributed by atoms with E-state index >= 15 is 0 Å². The summed E-state index contributed by atoms with van der Waals surface area (Å²) in [5.41, 5.74) is 7.77. The molecule has 4 heterocycles. The van der Waals surface area contributed by atoms with E-state index in [1.807, 2.05) is 30.3 Å². The Morgan fingerprint density at radius 2 is 1.02 bits per heavy atom. The minimum Gasteiger partial charge on any atom is -0.456 e. The third kappa shape index (κ3) is 4.30. The molecule has 0 saturated carbocycles. The molecule has 0 aliphatic heterocycles. The fraction of sp³-hybridized carbons (Fsp3) is 0.